The predicted octanol–water partition coefficient (Wildman–Crippen LogP) is 1.29. The highest BCUT2D eigenvalue weighted by molar-refractivity contribution is 5.92. The van der Waals surface area contributed by atoms with Crippen LogP contribution in [0.25, 0.3) is 0 Å². The Hall–Kier alpha value is -1.65. The molecule has 0 aromatic carbocycles. The lowest BCUT2D eigenvalue weighted by molar-refractivity contribution is 0.0978. The molecule has 1 heterocycles. The Labute approximate surface area is 94.0 Å². The van der Waals surface area contributed by atoms with Gasteiger partial charge in [-0.05, 0) is 25.7 Å². The van der Waals surface area contributed by atoms with E-state index in [0.29, 0.717) is 0 Å². The van der Waals surface area contributed by atoms with Crippen molar-refractivity contribution in [3.05, 3.63) is 18.1 Å². The van der Waals surface area contributed by atoms with E-state index in [1.807, 2.05) is 0 Å². The van der Waals surface area contributed by atoms with Crippen LogP contribution in [-0.2, 0) is 0 Å². The molecule has 1 aliphatic rings. The van der Waals surface area contributed by atoms with Crippen LogP contribution in [0, 0.1) is 0 Å². The summed E-state index contributed by atoms with van der Waals surface area (Å²) >= 11 is 0. The van der Waals surface area contributed by atoms with Crippen molar-refractivity contribution in [3.8, 4) is 5.88 Å². The minimum atomic E-state index is -0.598. The molecule has 1 amide bonds. The summed E-state index contributed by atoms with van der Waals surface area (Å²) in [5.74, 6) is -0.333. The first-order valence-corrected chi connectivity index (χ1v) is 5.55. The monoisotopic (exact) mass is 221 g/mol. The number of ether oxygens (including phenoxy) is 1. The summed E-state index contributed by atoms with van der Waals surface area (Å²) in [6.07, 6.45) is 8.68. The molecule has 0 aliphatic heterocycles. The summed E-state index contributed by atoms with van der Waals surface area (Å²) in [6.45, 7) is 0. The molecule has 0 spiro atoms. The van der Waals surface area contributed by atoms with E-state index >= 15 is 0 Å². The number of aromatic nitrogens is 2. The van der Waals surface area contributed by atoms with Crippen LogP contribution in [0.2, 0.25) is 0 Å². The molecule has 2 N–H and O–H groups in total. The number of carbonyl (C=O) groups excluding carboxylic acids is 1. The third-order valence-electron chi connectivity index (χ3n) is 2.73. The molecule has 5 nitrogen and oxygen atoms in total. The molecule has 16 heavy (non-hydrogen) atoms. The van der Waals surface area contributed by atoms with Crippen LogP contribution < -0.4 is 10.5 Å². The largest absolute Gasteiger partial charge is 0.473 e. The molecule has 1 saturated carbocycles. The molecule has 1 aromatic rings. The Kier molecular flexibility index (Phi) is 3.34. The zero-order valence-corrected chi connectivity index (χ0v) is 9.06. The number of hydrogen-bond donors (Lipinski definition) is 1. The molecule has 0 unspecified atom stereocenters. The van der Waals surface area contributed by atoms with Gasteiger partial charge in [0.1, 0.15) is 6.10 Å². The number of nitrogens with zero attached hydrogens (tertiary/aromatic N) is 2. The van der Waals surface area contributed by atoms with Gasteiger partial charge < -0.3 is 10.5 Å². The topological polar surface area (TPSA) is 78.1 Å². The van der Waals surface area contributed by atoms with E-state index in [9.17, 15) is 4.79 Å². The fourth-order valence-electron chi connectivity index (χ4n) is 1.92. The smallest absolute Gasteiger partial charge is 0.272 e. The van der Waals surface area contributed by atoms with Gasteiger partial charge in [-0.15, -0.1) is 0 Å². The molecule has 0 bridgehead atoms. The number of primary amides is 1. The van der Waals surface area contributed by atoms with E-state index in [0.717, 1.165) is 25.7 Å². The Morgan fingerprint density at radius 2 is 1.94 bits per heavy atom. The second kappa shape index (κ2) is 4.92. The first-order chi connectivity index (χ1) is 7.77. The molecule has 1 aliphatic carbocycles. The first-order valence-electron chi connectivity index (χ1n) is 5.55. The number of carbonyl (C=O) groups is 1. The van der Waals surface area contributed by atoms with E-state index in [1.165, 1.54) is 18.8 Å². The summed E-state index contributed by atoms with van der Waals surface area (Å²) in [7, 11) is 0. The third-order valence-corrected chi connectivity index (χ3v) is 2.73. The van der Waals surface area contributed by atoms with Gasteiger partial charge in [0.25, 0.3) is 5.91 Å². The van der Waals surface area contributed by atoms with Crippen LogP contribution in [0.5, 0.6) is 5.88 Å². The summed E-state index contributed by atoms with van der Waals surface area (Å²) < 4.78 is 5.67. The highest BCUT2D eigenvalue weighted by Gasteiger charge is 2.19. The molecular weight excluding hydrogens is 206 g/mol. The standard InChI is InChI=1S/C11H15N3O2/c12-10(15)9-11(14-7-6-13-9)16-8-4-2-1-3-5-8/h6-8H,1-5H2,(H2,12,15). The minimum absolute atomic E-state index is 0.119. The highest BCUT2D eigenvalue weighted by atomic mass is 16.5. The summed E-state index contributed by atoms with van der Waals surface area (Å²) in [5, 5.41) is 0. The predicted molar refractivity (Wildman–Crippen MR) is 58.1 cm³/mol. The van der Waals surface area contributed by atoms with Gasteiger partial charge in [0, 0.05) is 12.4 Å². The molecule has 0 atom stereocenters. The van der Waals surface area contributed by atoms with Gasteiger partial charge in [-0.2, -0.15) is 0 Å². The Morgan fingerprint density at radius 3 is 2.62 bits per heavy atom. The van der Waals surface area contributed by atoms with Crippen molar-refractivity contribution in [2.45, 2.75) is 38.2 Å². The SMILES string of the molecule is NC(=O)c1nccnc1OC1CCCCC1. The Balaban J connectivity index is 2.10. The van der Waals surface area contributed by atoms with Crippen molar-refractivity contribution in [1.29, 1.82) is 0 Å². The van der Waals surface area contributed by atoms with Gasteiger partial charge in [-0.25, -0.2) is 9.97 Å². The van der Waals surface area contributed by atoms with Crippen LogP contribution in [0.1, 0.15) is 42.6 Å². The number of rotatable bonds is 3. The third kappa shape index (κ3) is 2.48. The van der Waals surface area contributed by atoms with Gasteiger partial charge in [0.15, 0.2) is 5.69 Å². The van der Waals surface area contributed by atoms with Crippen molar-refractivity contribution in [2.75, 3.05) is 0 Å². The van der Waals surface area contributed by atoms with Crippen LogP contribution >= 0.6 is 0 Å². The van der Waals surface area contributed by atoms with E-state index in [4.69, 9.17) is 10.5 Å². The van der Waals surface area contributed by atoms with E-state index < -0.39 is 5.91 Å². The van der Waals surface area contributed by atoms with Gasteiger partial charge in [0.2, 0.25) is 5.88 Å². The van der Waals surface area contributed by atoms with Crippen molar-refractivity contribution in [3.63, 3.8) is 0 Å². The van der Waals surface area contributed by atoms with Crippen molar-refractivity contribution < 1.29 is 9.53 Å². The van der Waals surface area contributed by atoms with Crippen LogP contribution in [0.15, 0.2) is 12.4 Å². The lowest BCUT2D eigenvalue weighted by atomic mass is 9.98. The van der Waals surface area contributed by atoms with Gasteiger partial charge in [-0.3, -0.25) is 4.79 Å². The fraction of sp³-hybridized carbons (Fsp3) is 0.545. The highest BCUT2D eigenvalue weighted by Crippen LogP contribution is 2.23. The normalized spacial score (nSPS) is 17.0. The van der Waals surface area contributed by atoms with Crippen LogP contribution in [0.3, 0.4) is 0 Å². The number of hydrogen-bond acceptors (Lipinski definition) is 4. The zero-order chi connectivity index (χ0) is 11.4. The van der Waals surface area contributed by atoms with Crippen molar-refractivity contribution in [2.24, 2.45) is 5.73 Å². The molecule has 2 rings (SSSR count). The number of amides is 1. The van der Waals surface area contributed by atoms with E-state index in [-0.39, 0.29) is 17.7 Å². The van der Waals surface area contributed by atoms with Gasteiger partial charge >= 0.3 is 0 Å². The summed E-state index contributed by atoms with van der Waals surface area (Å²) in [4.78, 5) is 19.0. The lowest BCUT2D eigenvalue weighted by Gasteiger charge is -2.22. The molecule has 86 valence electrons. The van der Waals surface area contributed by atoms with E-state index in [2.05, 4.69) is 9.97 Å². The molecule has 0 saturated heterocycles. The van der Waals surface area contributed by atoms with Crippen molar-refractivity contribution >= 4 is 5.91 Å². The van der Waals surface area contributed by atoms with E-state index in [1.54, 1.807) is 0 Å². The lowest BCUT2D eigenvalue weighted by Crippen LogP contribution is -2.23. The van der Waals surface area contributed by atoms with Crippen LogP contribution in [0.4, 0.5) is 0 Å². The quantitative estimate of drug-likeness (QED) is 0.834. The average Bonchev–Trinajstić information content (AvgIpc) is 2.31. The average molecular weight is 221 g/mol. The maximum atomic E-state index is 11.1. The first kappa shape index (κ1) is 10.9. The number of nitrogens with two attached hydrogens (primary N) is 1. The molecule has 0 radical (unpaired) electrons. The maximum Gasteiger partial charge on any atom is 0.272 e. The maximum absolute atomic E-state index is 11.1. The van der Waals surface area contributed by atoms with Gasteiger partial charge in [-0.1, -0.05) is 6.42 Å². The van der Waals surface area contributed by atoms with Crippen molar-refractivity contribution in [1.82, 2.24) is 9.97 Å². The van der Waals surface area contributed by atoms with Crippen LogP contribution in [-0.4, -0.2) is 22.0 Å². The summed E-state index contributed by atoms with van der Waals surface area (Å²) in [5.41, 5.74) is 5.32. The molecular formula is C11H15N3O2. The molecule has 1 fully saturated rings. The minimum Gasteiger partial charge on any atom is -0.473 e. The molecule has 1 aromatic heterocycles. The molecule has 5 heteroatoms. The summed E-state index contributed by atoms with van der Waals surface area (Å²) in [6, 6.07) is 0. The second-order valence-corrected chi connectivity index (χ2v) is 3.95. The Bertz CT molecular complexity index is 375. The van der Waals surface area contributed by atoms with Gasteiger partial charge in [0.05, 0.1) is 0 Å². The zero-order valence-electron chi connectivity index (χ0n) is 9.06. The fourth-order valence-corrected chi connectivity index (χ4v) is 1.92. The Morgan fingerprint density at radius 1 is 1.25 bits per heavy atom. The second-order valence-electron chi connectivity index (χ2n) is 3.95.